The van der Waals surface area contributed by atoms with Gasteiger partial charge in [0.25, 0.3) is 5.91 Å². The van der Waals surface area contributed by atoms with Gasteiger partial charge in [-0.15, -0.1) is 0 Å². The fraction of sp³-hybridized carbons (Fsp3) is 0.417. The Hall–Kier alpha value is -1.39. The average Bonchev–Trinajstić information content (AvgIpc) is 2.29. The Morgan fingerprint density at radius 2 is 2.12 bits per heavy atom. The Kier molecular flexibility index (Phi) is 4.95. The smallest absolute Gasteiger partial charge is 0.253 e. The Morgan fingerprint density at radius 3 is 2.75 bits per heavy atom. The molecule has 3 N–H and O–H groups in total. The number of amides is 1. The molecule has 0 bridgehead atoms. The maximum Gasteiger partial charge on any atom is 0.253 e. The summed E-state index contributed by atoms with van der Waals surface area (Å²) in [7, 11) is 1.68. The summed E-state index contributed by atoms with van der Waals surface area (Å²) in [5, 5.41) is 8.79. The van der Waals surface area contributed by atoms with Crippen LogP contribution in [0.25, 0.3) is 0 Å². The first-order valence-corrected chi connectivity index (χ1v) is 5.35. The van der Waals surface area contributed by atoms with Crippen LogP contribution in [0.1, 0.15) is 15.9 Å². The number of carbonyl (C=O) groups is 1. The van der Waals surface area contributed by atoms with Crippen molar-refractivity contribution in [3.8, 4) is 0 Å². The minimum absolute atomic E-state index is 0.0265. The fourth-order valence-electron chi connectivity index (χ4n) is 1.56. The van der Waals surface area contributed by atoms with Crippen LogP contribution in [0.15, 0.2) is 24.3 Å². The topological polar surface area (TPSA) is 66.6 Å². The summed E-state index contributed by atoms with van der Waals surface area (Å²) in [5.41, 5.74) is 7.13. The van der Waals surface area contributed by atoms with Gasteiger partial charge in [0.05, 0.1) is 6.61 Å². The van der Waals surface area contributed by atoms with Crippen LogP contribution >= 0.6 is 0 Å². The Morgan fingerprint density at radius 1 is 1.44 bits per heavy atom. The molecule has 0 saturated heterocycles. The number of rotatable bonds is 5. The van der Waals surface area contributed by atoms with E-state index in [4.69, 9.17) is 10.8 Å². The van der Waals surface area contributed by atoms with E-state index in [0.717, 1.165) is 5.56 Å². The third-order valence-corrected chi connectivity index (χ3v) is 2.44. The molecule has 1 amide bonds. The summed E-state index contributed by atoms with van der Waals surface area (Å²) < 4.78 is 0. The molecule has 4 heteroatoms. The van der Waals surface area contributed by atoms with Crippen LogP contribution in [-0.2, 0) is 6.42 Å². The van der Waals surface area contributed by atoms with E-state index in [0.29, 0.717) is 25.1 Å². The molecule has 0 unspecified atom stereocenters. The third kappa shape index (κ3) is 3.05. The minimum atomic E-state index is -0.0712. The van der Waals surface area contributed by atoms with E-state index in [1.807, 2.05) is 18.2 Å². The number of hydrogen-bond acceptors (Lipinski definition) is 3. The van der Waals surface area contributed by atoms with E-state index in [2.05, 4.69) is 0 Å². The van der Waals surface area contributed by atoms with Gasteiger partial charge in [0.15, 0.2) is 0 Å². The zero-order chi connectivity index (χ0) is 12.0. The van der Waals surface area contributed by atoms with Gasteiger partial charge in [0.2, 0.25) is 0 Å². The van der Waals surface area contributed by atoms with Gasteiger partial charge < -0.3 is 15.7 Å². The molecule has 1 aromatic carbocycles. The average molecular weight is 222 g/mol. The molecule has 0 fully saturated rings. The number of aliphatic hydroxyl groups excluding tert-OH is 1. The molecule has 0 radical (unpaired) electrons. The summed E-state index contributed by atoms with van der Waals surface area (Å²) in [6.07, 6.45) is 0.689. The predicted molar refractivity (Wildman–Crippen MR) is 63.2 cm³/mol. The first-order valence-electron chi connectivity index (χ1n) is 5.35. The summed E-state index contributed by atoms with van der Waals surface area (Å²) in [6, 6.07) is 7.43. The molecular weight excluding hydrogens is 204 g/mol. The molecule has 0 aliphatic carbocycles. The summed E-state index contributed by atoms with van der Waals surface area (Å²) in [5.74, 6) is -0.0712. The lowest BCUT2D eigenvalue weighted by molar-refractivity contribution is 0.0766. The third-order valence-electron chi connectivity index (χ3n) is 2.44. The molecule has 88 valence electrons. The second-order valence-electron chi connectivity index (χ2n) is 3.65. The van der Waals surface area contributed by atoms with E-state index >= 15 is 0 Å². The Bertz CT molecular complexity index is 353. The molecule has 0 aliphatic heterocycles. The second-order valence-corrected chi connectivity index (χ2v) is 3.65. The van der Waals surface area contributed by atoms with Crippen molar-refractivity contribution in [3.63, 3.8) is 0 Å². The molecule has 0 saturated carbocycles. The molecule has 4 nitrogen and oxygen atoms in total. The standard InChI is InChI=1S/C12H18N2O2/c1-14(8-9-15)12(16)11-5-3-2-4-10(11)6-7-13/h2-5,15H,6-9,13H2,1H3. The van der Waals surface area contributed by atoms with Gasteiger partial charge in [-0.2, -0.15) is 0 Å². The molecule has 0 spiro atoms. The normalized spacial score (nSPS) is 10.2. The number of nitrogens with zero attached hydrogens (tertiary/aromatic N) is 1. The van der Waals surface area contributed by atoms with Crippen molar-refractivity contribution < 1.29 is 9.90 Å². The highest BCUT2D eigenvalue weighted by Gasteiger charge is 2.14. The summed E-state index contributed by atoms with van der Waals surface area (Å²) >= 11 is 0. The lowest BCUT2D eigenvalue weighted by atomic mass is 10.0. The summed E-state index contributed by atoms with van der Waals surface area (Å²) in [4.78, 5) is 13.5. The highest BCUT2D eigenvalue weighted by Crippen LogP contribution is 2.11. The highest BCUT2D eigenvalue weighted by atomic mass is 16.3. The van der Waals surface area contributed by atoms with Gasteiger partial charge in [0.1, 0.15) is 0 Å². The van der Waals surface area contributed by atoms with Crippen LogP contribution in [0.3, 0.4) is 0 Å². The van der Waals surface area contributed by atoms with E-state index in [1.54, 1.807) is 13.1 Å². The van der Waals surface area contributed by atoms with E-state index < -0.39 is 0 Å². The largest absolute Gasteiger partial charge is 0.395 e. The van der Waals surface area contributed by atoms with Gasteiger partial charge >= 0.3 is 0 Å². The van der Waals surface area contributed by atoms with Crippen molar-refractivity contribution in [1.82, 2.24) is 4.90 Å². The Labute approximate surface area is 95.7 Å². The molecule has 0 aliphatic rings. The van der Waals surface area contributed by atoms with Crippen LogP contribution in [0.5, 0.6) is 0 Å². The molecular formula is C12H18N2O2. The van der Waals surface area contributed by atoms with Crippen LogP contribution in [-0.4, -0.2) is 42.7 Å². The van der Waals surface area contributed by atoms with Crippen molar-refractivity contribution in [2.45, 2.75) is 6.42 Å². The number of nitrogens with two attached hydrogens (primary N) is 1. The number of benzene rings is 1. The lowest BCUT2D eigenvalue weighted by Crippen LogP contribution is -2.30. The van der Waals surface area contributed by atoms with Gasteiger partial charge in [-0.3, -0.25) is 4.79 Å². The van der Waals surface area contributed by atoms with Crippen molar-refractivity contribution in [2.24, 2.45) is 5.73 Å². The molecule has 0 heterocycles. The van der Waals surface area contributed by atoms with Crippen LogP contribution in [0.4, 0.5) is 0 Å². The minimum Gasteiger partial charge on any atom is -0.395 e. The first kappa shape index (κ1) is 12.7. The molecule has 0 atom stereocenters. The second kappa shape index (κ2) is 6.25. The monoisotopic (exact) mass is 222 g/mol. The molecule has 1 aromatic rings. The highest BCUT2D eigenvalue weighted by molar-refractivity contribution is 5.95. The molecule has 1 rings (SSSR count). The van der Waals surface area contributed by atoms with E-state index in [9.17, 15) is 4.79 Å². The van der Waals surface area contributed by atoms with Crippen LogP contribution in [0.2, 0.25) is 0 Å². The zero-order valence-corrected chi connectivity index (χ0v) is 9.52. The number of carbonyl (C=O) groups excluding carboxylic acids is 1. The SMILES string of the molecule is CN(CCO)C(=O)c1ccccc1CCN. The first-order chi connectivity index (χ1) is 7.70. The lowest BCUT2D eigenvalue weighted by Gasteiger charge is -2.17. The number of likely N-dealkylation sites (N-methyl/N-ethyl adjacent to an activating group) is 1. The van der Waals surface area contributed by atoms with Crippen LogP contribution < -0.4 is 5.73 Å². The van der Waals surface area contributed by atoms with Gasteiger partial charge in [0, 0.05) is 19.2 Å². The van der Waals surface area contributed by atoms with Gasteiger partial charge in [-0.25, -0.2) is 0 Å². The predicted octanol–water partition coefficient (Wildman–Crippen LogP) is 0.252. The van der Waals surface area contributed by atoms with E-state index in [-0.39, 0.29) is 12.5 Å². The molecule has 16 heavy (non-hydrogen) atoms. The van der Waals surface area contributed by atoms with E-state index in [1.165, 1.54) is 4.90 Å². The quantitative estimate of drug-likeness (QED) is 0.750. The van der Waals surface area contributed by atoms with Crippen molar-refractivity contribution in [1.29, 1.82) is 0 Å². The number of hydrogen-bond donors (Lipinski definition) is 2. The summed E-state index contributed by atoms with van der Waals surface area (Å²) in [6.45, 7) is 0.838. The van der Waals surface area contributed by atoms with Crippen molar-refractivity contribution >= 4 is 5.91 Å². The maximum atomic E-state index is 12.0. The van der Waals surface area contributed by atoms with Gasteiger partial charge in [-0.05, 0) is 24.6 Å². The van der Waals surface area contributed by atoms with Crippen LogP contribution in [0, 0.1) is 0 Å². The van der Waals surface area contributed by atoms with Crippen molar-refractivity contribution in [2.75, 3.05) is 26.7 Å². The fourth-order valence-corrected chi connectivity index (χ4v) is 1.56. The zero-order valence-electron chi connectivity index (χ0n) is 9.52. The van der Waals surface area contributed by atoms with Gasteiger partial charge in [-0.1, -0.05) is 18.2 Å². The Balaban J connectivity index is 2.89. The maximum absolute atomic E-state index is 12.0. The molecule has 0 aromatic heterocycles. The van der Waals surface area contributed by atoms with Crippen molar-refractivity contribution in [3.05, 3.63) is 35.4 Å². The number of aliphatic hydroxyl groups is 1.